The molecule has 0 unspecified atom stereocenters. The molecule has 234 valence electrons. The lowest BCUT2D eigenvalue weighted by atomic mass is 9.85. The van der Waals surface area contributed by atoms with Crippen LogP contribution in [-0.4, -0.2) is 64.0 Å². The Morgan fingerprint density at radius 1 is 1.10 bits per heavy atom. The molecule has 1 aliphatic rings. The van der Waals surface area contributed by atoms with Gasteiger partial charge in [0.25, 0.3) is 0 Å². The van der Waals surface area contributed by atoms with Crippen molar-refractivity contribution in [2.45, 2.75) is 104 Å². The lowest BCUT2D eigenvalue weighted by Crippen LogP contribution is -2.57. The monoisotopic (exact) mass is 621 g/mol. The SMILES string of the molecule is Cc1ncsc1-c1ccc([C@H](C)NC(=O)[C@@H]2C[C@@H](O)CN2C(=O)[C@@H](NC(=O)CCCCCCCN)C(C)(C)C)cc1.Cl. The Balaban J connectivity index is 0.00000616. The summed E-state index contributed by atoms with van der Waals surface area (Å²) in [6, 6.07) is 6.08. The first-order valence-electron chi connectivity index (χ1n) is 14.7. The molecule has 2 heterocycles. The molecule has 1 aromatic carbocycles. The van der Waals surface area contributed by atoms with Gasteiger partial charge in [-0.3, -0.25) is 14.4 Å². The standard InChI is InChI=1S/C31H47N5O4S.ClH/c1-20(22-12-14-23(15-13-22)27-21(2)33-19-41-27)34-29(39)25-17-24(37)18-36(25)30(40)28(31(3,4)5)35-26(38)11-9-7-6-8-10-16-32;/h12-15,19-20,24-25,28,37H,6-11,16-18,32H2,1-5H3,(H,34,39)(H,35,38);1H/t20-,24+,25-,28+;/m0./s1. The van der Waals surface area contributed by atoms with Gasteiger partial charge in [-0.1, -0.05) is 64.3 Å². The fraction of sp³-hybridized carbons (Fsp3) is 0.613. The molecule has 0 radical (unpaired) electrons. The van der Waals surface area contributed by atoms with E-state index in [2.05, 4.69) is 15.6 Å². The van der Waals surface area contributed by atoms with E-state index < -0.39 is 23.6 Å². The topological polar surface area (TPSA) is 138 Å². The van der Waals surface area contributed by atoms with Crippen molar-refractivity contribution in [3.63, 3.8) is 0 Å². The van der Waals surface area contributed by atoms with Crippen LogP contribution in [0.1, 0.15) is 89.9 Å². The minimum atomic E-state index is -0.816. The molecule has 1 aliphatic heterocycles. The molecule has 42 heavy (non-hydrogen) atoms. The second-order valence-electron chi connectivity index (χ2n) is 12.2. The number of nitrogens with two attached hydrogens (primary N) is 1. The van der Waals surface area contributed by atoms with Crippen LogP contribution in [0.25, 0.3) is 10.4 Å². The van der Waals surface area contributed by atoms with Crippen LogP contribution in [0.5, 0.6) is 0 Å². The van der Waals surface area contributed by atoms with Crippen LogP contribution in [0, 0.1) is 12.3 Å². The molecule has 0 saturated carbocycles. The number of amides is 3. The summed E-state index contributed by atoms with van der Waals surface area (Å²) in [6.07, 6.45) is 4.45. The van der Waals surface area contributed by atoms with Crippen molar-refractivity contribution in [3.05, 3.63) is 41.0 Å². The van der Waals surface area contributed by atoms with Crippen LogP contribution in [0.15, 0.2) is 29.8 Å². The van der Waals surface area contributed by atoms with E-state index in [4.69, 9.17) is 5.73 Å². The zero-order chi connectivity index (χ0) is 30.2. The number of nitrogens with zero attached hydrogens (tertiary/aromatic N) is 2. The molecule has 0 bridgehead atoms. The Kier molecular flexibility index (Phi) is 13.9. The van der Waals surface area contributed by atoms with Crippen LogP contribution in [0.2, 0.25) is 0 Å². The zero-order valence-corrected chi connectivity index (χ0v) is 27.2. The van der Waals surface area contributed by atoms with Gasteiger partial charge in [0.15, 0.2) is 0 Å². The third kappa shape index (κ3) is 9.76. The Labute approximate surface area is 260 Å². The normalized spacial score (nSPS) is 18.2. The third-order valence-electron chi connectivity index (χ3n) is 7.67. The van der Waals surface area contributed by atoms with Crippen LogP contribution >= 0.6 is 23.7 Å². The van der Waals surface area contributed by atoms with E-state index in [0.717, 1.165) is 53.8 Å². The van der Waals surface area contributed by atoms with Gasteiger partial charge in [0.2, 0.25) is 17.7 Å². The van der Waals surface area contributed by atoms with E-state index in [1.54, 1.807) is 11.3 Å². The first kappa shape index (κ1) is 35.7. The average molecular weight is 622 g/mol. The highest BCUT2D eigenvalue weighted by atomic mass is 35.5. The van der Waals surface area contributed by atoms with Crippen LogP contribution in [0.3, 0.4) is 0 Å². The summed E-state index contributed by atoms with van der Waals surface area (Å²) in [5, 5.41) is 16.4. The van der Waals surface area contributed by atoms with Gasteiger partial charge in [0.1, 0.15) is 12.1 Å². The summed E-state index contributed by atoms with van der Waals surface area (Å²) in [7, 11) is 0. The number of rotatable bonds is 13. The highest BCUT2D eigenvalue weighted by molar-refractivity contribution is 7.13. The Morgan fingerprint density at radius 2 is 1.74 bits per heavy atom. The molecule has 2 aromatic rings. The van der Waals surface area contributed by atoms with Crippen LogP contribution < -0.4 is 16.4 Å². The number of carbonyl (C=O) groups is 3. The van der Waals surface area contributed by atoms with E-state index in [0.29, 0.717) is 13.0 Å². The molecule has 4 atom stereocenters. The fourth-order valence-corrected chi connectivity index (χ4v) is 6.02. The van der Waals surface area contributed by atoms with E-state index in [1.165, 1.54) is 4.90 Å². The van der Waals surface area contributed by atoms with Gasteiger partial charge in [-0.15, -0.1) is 23.7 Å². The second kappa shape index (κ2) is 16.4. The first-order valence-corrected chi connectivity index (χ1v) is 15.6. The maximum atomic E-state index is 13.8. The lowest BCUT2D eigenvalue weighted by molar-refractivity contribution is -0.144. The molecule has 3 rings (SSSR count). The van der Waals surface area contributed by atoms with Crippen molar-refractivity contribution in [1.82, 2.24) is 20.5 Å². The number of carbonyl (C=O) groups excluding carboxylic acids is 3. The number of thiazole rings is 1. The van der Waals surface area contributed by atoms with E-state index in [9.17, 15) is 19.5 Å². The summed E-state index contributed by atoms with van der Waals surface area (Å²) >= 11 is 1.59. The Bertz CT molecular complexity index is 1170. The summed E-state index contributed by atoms with van der Waals surface area (Å²) in [4.78, 5) is 46.8. The van der Waals surface area contributed by atoms with Crippen molar-refractivity contribution in [1.29, 1.82) is 0 Å². The molecule has 11 heteroatoms. The summed E-state index contributed by atoms with van der Waals surface area (Å²) in [6.45, 7) is 10.3. The maximum Gasteiger partial charge on any atom is 0.246 e. The highest BCUT2D eigenvalue weighted by Gasteiger charge is 2.44. The second-order valence-corrected chi connectivity index (χ2v) is 13.0. The number of benzene rings is 1. The number of hydrogen-bond donors (Lipinski definition) is 4. The molecule has 1 saturated heterocycles. The molecular formula is C31H48ClN5O4S. The number of aryl methyl sites for hydroxylation is 1. The lowest BCUT2D eigenvalue weighted by Gasteiger charge is -2.35. The van der Waals surface area contributed by atoms with Gasteiger partial charge in [0.05, 0.1) is 28.2 Å². The van der Waals surface area contributed by atoms with Crippen LogP contribution in [0.4, 0.5) is 0 Å². The summed E-state index contributed by atoms with van der Waals surface area (Å²) < 4.78 is 0. The average Bonchev–Trinajstić information content (AvgIpc) is 3.53. The van der Waals surface area contributed by atoms with Gasteiger partial charge in [-0.2, -0.15) is 0 Å². The molecule has 3 amide bonds. The van der Waals surface area contributed by atoms with Crippen molar-refractivity contribution >= 4 is 41.5 Å². The van der Waals surface area contributed by atoms with E-state index >= 15 is 0 Å². The van der Waals surface area contributed by atoms with Crippen LogP contribution in [-0.2, 0) is 14.4 Å². The smallest absolute Gasteiger partial charge is 0.246 e. The number of nitrogens with one attached hydrogen (secondary N) is 2. The summed E-state index contributed by atoms with van der Waals surface area (Å²) in [5.41, 5.74) is 9.78. The molecule has 9 nitrogen and oxygen atoms in total. The quantitative estimate of drug-likeness (QED) is 0.243. The molecule has 5 N–H and O–H groups in total. The van der Waals surface area contributed by atoms with Crippen molar-refractivity contribution in [2.75, 3.05) is 13.1 Å². The number of unbranched alkanes of at least 4 members (excludes halogenated alkanes) is 4. The number of aliphatic hydroxyl groups is 1. The number of β-amino-alcohol motifs (C(OH)–C–C–N with tert-alkyl or cyclic N) is 1. The number of aliphatic hydroxyl groups excluding tert-OH is 1. The number of halogens is 1. The highest BCUT2D eigenvalue weighted by Crippen LogP contribution is 2.29. The van der Waals surface area contributed by atoms with Crippen molar-refractivity contribution in [3.8, 4) is 10.4 Å². The van der Waals surface area contributed by atoms with Gasteiger partial charge >= 0.3 is 0 Å². The minimum absolute atomic E-state index is 0. The number of hydrogen-bond acceptors (Lipinski definition) is 7. The van der Waals surface area contributed by atoms with Gasteiger partial charge in [-0.05, 0) is 49.8 Å². The Morgan fingerprint density at radius 3 is 2.33 bits per heavy atom. The van der Waals surface area contributed by atoms with Gasteiger partial charge in [0, 0.05) is 19.4 Å². The number of likely N-dealkylation sites (tertiary alicyclic amines) is 1. The molecule has 0 aliphatic carbocycles. The summed E-state index contributed by atoms with van der Waals surface area (Å²) in [5.74, 6) is -0.841. The maximum absolute atomic E-state index is 13.8. The molecule has 1 fully saturated rings. The fourth-order valence-electron chi connectivity index (χ4n) is 5.21. The largest absolute Gasteiger partial charge is 0.391 e. The van der Waals surface area contributed by atoms with Gasteiger partial charge in [-0.25, -0.2) is 4.98 Å². The molecular weight excluding hydrogens is 574 g/mol. The Hall–Kier alpha value is -2.53. The number of aromatic nitrogens is 1. The van der Waals surface area contributed by atoms with Crippen molar-refractivity contribution < 1.29 is 19.5 Å². The van der Waals surface area contributed by atoms with E-state index in [-0.39, 0.29) is 49.1 Å². The third-order valence-corrected chi connectivity index (χ3v) is 8.65. The molecule has 0 spiro atoms. The predicted molar refractivity (Wildman–Crippen MR) is 170 cm³/mol. The van der Waals surface area contributed by atoms with Crippen molar-refractivity contribution in [2.24, 2.45) is 11.1 Å². The predicted octanol–water partition coefficient (Wildman–Crippen LogP) is 4.51. The minimum Gasteiger partial charge on any atom is -0.391 e. The molecule has 1 aromatic heterocycles. The van der Waals surface area contributed by atoms with Gasteiger partial charge < -0.3 is 26.4 Å². The first-order chi connectivity index (χ1) is 19.4. The van der Waals surface area contributed by atoms with E-state index in [1.807, 2.05) is 64.4 Å². The zero-order valence-electron chi connectivity index (χ0n) is 25.5.